The average molecular weight is 298 g/mol. The third kappa shape index (κ3) is 10.6. The van der Waals surface area contributed by atoms with E-state index < -0.39 is 0 Å². The van der Waals surface area contributed by atoms with Gasteiger partial charge in [0, 0.05) is 39.1 Å². The Labute approximate surface area is 126 Å². The Morgan fingerprint density at radius 1 is 1.05 bits per heavy atom. The van der Waals surface area contributed by atoms with Crippen molar-refractivity contribution in [2.45, 2.75) is 40.0 Å². The minimum atomic E-state index is -0.381. The number of esters is 1. The van der Waals surface area contributed by atoms with E-state index in [4.69, 9.17) is 4.74 Å². The fourth-order valence-corrected chi connectivity index (χ4v) is 1.65. The Kier molecular flexibility index (Phi) is 9.92. The molecule has 0 spiro atoms. The van der Waals surface area contributed by atoms with Gasteiger partial charge in [0.2, 0.25) is 11.8 Å². The van der Waals surface area contributed by atoms with Gasteiger partial charge in [-0.2, -0.15) is 0 Å². The molecule has 120 valence electrons. The average Bonchev–Trinajstić information content (AvgIpc) is 2.39. The molecule has 0 aliphatic rings. The summed E-state index contributed by atoms with van der Waals surface area (Å²) in [6.07, 6.45) is 2.20. The second-order valence-corrected chi connectivity index (χ2v) is 4.97. The first kappa shape index (κ1) is 19.1. The van der Waals surface area contributed by atoms with Gasteiger partial charge in [0.1, 0.15) is 0 Å². The molecular formula is C15H26N2O4. The van der Waals surface area contributed by atoms with Crippen LogP contribution in [0, 0.1) is 0 Å². The first-order valence-corrected chi connectivity index (χ1v) is 7.17. The fraction of sp³-hybridized carbons (Fsp3) is 0.667. The summed E-state index contributed by atoms with van der Waals surface area (Å²) in [5, 5.41) is 2.70. The van der Waals surface area contributed by atoms with E-state index in [1.54, 1.807) is 11.8 Å². The molecule has 1 N–H and O–H groups in total. The fourth-order valence-electron chi connectivity index (χ4n) is 1.65. The van der Waals surface area contributed by atoms with Gasteiger partial charge in [-0.15, -0.1) is 0 Å². The van der Waals surface area contributed by atoms with Crippen molar-refractivity contribution < 1.29 is 19.1 Å². The molecule has 0 aliphatic heterocycles. The predicted molar refractivity (Wildman–Crippen MR) is 80.6 cm³/mol. The highest BCUT2D eigenvalue weighted by molar-refractivity contribution is 5.86. The largest absolute Gasteiger partial charge is 0.462 e. The molecule has 2 amide bonds. The van der Waals surface area contributed by atoms with Crippen LogP contribution in [-0.4, -0.2) is 48.9 Å². The van der Waals surface area contributed by atoms with E-state index in [2.05, 4.69) is 11.9 Å². The monoisotopic (exact) mass is 298 g/mol. The third-order valence-corrected chi connectivity index (χ3v) is 2.83. The number of amides is 2. The Hall–Kier alpha value is -1.85. The van der Waals surface area contributed by atoms with Gasteiger partial charge in [-0.05, 0) is 26.2 Å². The number of hydrogen-bond donors (Lipinski definition) is 1. The van der Waals surface area contributed by atoms with Gasteiger partial charge in [0.25, 0.3) is 0 Å². The van der Waals surface area contributed by atoms with Gasteiger partial charge in [-0.3, -0.25) is 9.59 Å². The SMILES string of the molecule is C=C(C)C(=O)OCCCCN(CCCNC(C)=O)C(C)=O. The normalized spacial score (nSPS) is 9.86. The number of carbonyl (C=O) groups excluding carboxylic acids is 3. The van der Waals surface area contributed by atoms with E-state index in [0.29, 0.717) is 38.2 Å². The maximum absolute atomic E-state index is 11.5. The standard InChI is InChI=1S/C15H26N2O4/c1-12(2)15(20)21-11-6-5-9-17(14(4)19)10-7-8-16-13(3)18/h1,5-11H2,2-4H3,(H,16,18). The molecule has 0 aromatic heterocycles. The summed E-state index contributed by atoms with van der Waals surface area (Å²) in [7, 11) is 0. The molecule has 0 bridgehead atoms. The van der Waals surface area contributed by atoms with E-state index in [9.17, 15) is 14.4 Å². The summed E-state index contributed by atoms with van der Waals surface area (Å²) in [5.74, 6) is -0.436. The molecule has 6 heteroatoms. The zero-order chi connectivity index (χ0) is 16.3. The molecule has 0 aromatic carbocycles. The lowest BCUT2D eigenvalue weighted by molar-refractivity contribution is -0.139. The van der Waals surface area contributed by atoms with Crippen LogP contribution < -0.4 is 5.32 Å². The highest BCUT2D eigenvalue weighted by atomic mass is 16.5. The van der Waals surface area contributed by atoms with Gasteiger partial charge in [-0.25, -0.2) is 4.79 Å². The van der Waals surface area contributed by atoms with E-state index in [1.165, 1.54) is 13.8 Å². The summed E-state index contributed by atoms with van der Waals surface area (Å²) >= 11 is 0. The molecule has 0 atom stereocenters. The van der Waals surface area contributed by atoms with Crippen molar-refractivity contribution in [3.8, 4) is 0 Å². The molecule has 21 heavy (non-hydrogen) atoms. The molecular weight excluding hydrogens is 272 g/mol. The molecule has 0 unspecified atom stereocenters. The highest BCUT2D eigenvalue weighted by Gasteiger charge is 2.08. The summed E-state index contributed by atoms with van der Waals surface area (Å²) in [4.78, 5) is 35.1. The van der Waals surface area contributed by atoms with E-state index in [0.717, 1.165) is 12.8 Å². The number of hydrogen-bond acceptors (Lipinski definition) is 4. The number of nitrogens with zero attached hydrogens (tertiary/aromatic N) is 1. The topological polar surface area (TPSA) is 75.7 Å². The Bertz CT molecular complexity index is 380. The number of ether oxygens (including phenoxy) is 1. The highest BCUT2D eigenvalue weighted by Crippen LogP contribution is 2.00. The number of nitrogens with one attached hydrogen (secondary N) is 1. The van der Waals surface area contributed by atoms with Crippen molar-refractivity contribution >= 4 is 17.8 Å². The molecule has 0 aliphatic carbocycles. The predicted octanol–water partition coefficient (Wildman–Crippen LogP) is 1.26. The van der Waals surface area contributed by atoms with Crippen LogP contribution in [0.4, 0.5) is 0 Å². The summed E-state index contributed by atoms with van der Waals surface area (Å²) in [6.45, 7) is 10.2. The maximum atomic E-state index is 11.5. The Morgan fingerprint density at radius 2 is 1.67 bits per heavy atom. The van der Waals surface area contributed by atoms with Crippen LogP contribution >= 0.6 is 0 Å². The Balaban J connectivity index is 3.79. The van der Waals surface area contributed by atoms with Crippen molar-refractivity contribution in [1.82, 2.24) is 10.2 Å². The molecule has 6 nitrogen and oxygen atoms in total. The van der Waals surface area contributed by atoms with Crippen molar-refractivity contribution in [2.24, 2.45) is 0 Å². The summed E-state index contributed by atoms with van der Waals surface area (Å²) in [5.41, 5.74) is 0.387. The van der Waals surface area contributed by atoms with Crippen molar-refractivity contribution in [1.29, 1.82) is 0 Å². The van der Waals surface area contributed by atoms with E-state index in [-0.39, 0.29) is 17.8 Å². The molecule has 0 aromatic rings. The Morgan fingerprint density at radius 3 is 2.19 bits per heavy atom. The number of carbonyl (C=O) groups is 3. The zero-order valence-electron chi connectivity index (χ0n) is 13.2. The second kappa shape index (κ2) is 10.9. The van der Waals surface area contributed by atoms with Crippen LogP contribution in [0.5, 0.6) is 0 Å². The van der Waals surface area contributed by atoms with Gasteiger partial charge in [0.15, 0.2) is 0 Å². The minimum absolute atomic E-state index is 0.0109. The van der Waals surface area contributed by atoms with Crippen molar-refractivity contribution in [3.63, 3.8) is 0 Å². The smallest absolute Gasteiger partial charge is 0.333 e. The molecule has 0 radical (unpaired) electrons. The van der Waals surface area contributed by atoms with E-state index in [1.807, 2.05) is 0 Å². The van der Waals surface area contributed by atoms with Gasteiger partial charge < -0.3 is 15.0 Å². The molecule has 0 fully saturated rings. The number of rotatable bonds is 10. The van der Waals surface area contributed by atoms with Crippen LogP contribution in [0.25, 0.3) is 0 Å². The zero-order valence-corrected chi connectivity index (χ0v) is 13.2. The van der Waals surface area contributed by atoms with Gasteiger partial charge in [0.05, 0.1) is 6.61 Å². The summed E-state index contributed by atoms with van der Waals surface area (Å²) in [6, 6.07) is 0. The van der Waals surface area contributed by atoms with Gasteiger partial charge >= 0.3 is 5.97 Å². The van der Waals surface area contributed by atoms with Gasteiger partial charge in [-0.1, -0.05) is 6.58 Å². The maximum Gasteiger partial charge on any atom is 0.333 e. The van der Waals surface area contributed by atoms with Crippen LogP contribution in [0.1, 0.15) is 40.0 Å². The second-order valence-electron chi connectivity index (χ2n) is 4.97. The third-order valence-electron chi connectivity index (χ3n) is 2.83. The molecule has 0 saturated heterocycles. The molecule has 0 saturated carbocycles. The van der Waals surface area contributed by atoms with Crippen LogP contribution in [0.3, 0.4) is 0 Å². The molecule has 0 rings (SSSR count). The van der Waals surface area contributed by atoms with E-state index >= 15 is 0 Å². The minimum Gasteiger partial charge on any atom is -0.462 e. The van der Waals surface area contributed by atoms with Crippen LogP contribution in [-0.2, 0) is 19.1 Å². The quantitative estimate of drug-likeness (QED) is 0.374. The lowest BCUT2D eigenvalue weighted by Gasteiger charge is -2.21. The number of unbranched alkanes of at least 4 members (excludes halogenated alkanes) is 1. The first-order chi connectivity index (χ1) is 9.84. The van der Waals surface area contributed by atoms with Crippen LogP contribution in [0.2, 0.25) is 0 Å². The first-order valence-electron chi connectivity index (χ1n) is 7.17. The van der Waals surface area contributed by atoms with Crippen LogP contribution in [0.15, 0.2) is 12.2 Å². The van der Waals surface area contributed by atoms with Crippen molar-refractivity contribution in [2.75, 3.05) is 26.2 Å². The summed E-state index contributed by atoms with van der Waals surface area (Å²) < 4.78 is 4.98. The van der Waals surface area contributed by atoms with Crippen molar-refractivity contribution in [3.05, 3.63) is 12.2 Å². The molecule has 0 heterocycles. The lowest BCUT2D eigenvalue weighted by Crippen LogP contribution is -2.33. The lowest BCUT2D eigenvalue weighted by atomic mass is 10.2.